The van der Waals surface area contributed by atoms with Gasteiger partial charge < -0.3 is 19.5 Å². The molecule has 0 unspecified atom stereocenters. The molecule has 0 saturated heterocycles. The van der Waals surface area contributed by atoms with Crippen LogP contribution in [0.5, 0.6) is 11.5 Å². The summed E-state index contributed by atoms with van der Waals surface area (Å²) in [5.41, 5.74) is 0.880. The Kier molecular flexibility index (Phi) is 7.34. The van der Waals surface area contributed by atoms with Crippen molar-refractivity contribution in [3.63, 3.8) is 0 Å². The first-order valence-electron chi connectivity index (χ1n) is 6.66. The van der Waals surface area contributed by atoms with E-state index in [9.17, 15) is 9.59 Å². The summed E-state index contributed by atoms with van der Waals surface area (Å²) < 4.78 is 15.2. The highest BCUT2D eigenvalue weighted by molar-refractivity contribution is 5.80. The van der Waals surface area contributed by atoms with Gasteiger partial charge in [0.2, 0.25) is 0 Å². The molecule has 6 nitrogen and oxygen atoms in total. The van der Waals surface area contributed by atoms with Gasteiger partial charge in [-0.25, -0.2) is 0 Å². The fraction of sp³-hybridized carbons (Fsp3) is 0.375. The number of aryl methyl sites for hydroxylation is 1. The lowest BCUT2D eigenvalue weighted by molar-refractivity contribution is -0.148. The van der Waals surface area contributed by atoms with Crippen LogP contribution in [0, 0.1) is 12.3 Å². The summed E-state index contributed by atoms with van der Waals surface area (Å²) in [5.74, 6) is 2.67. The van der Waals surface area contributed by atoms with E-state index in [1.54, 1.807) is 20.3 Å². The minimum absolute atomic E-state index is 0.111. The Morgan fingerprint density at radius 3 is 2.36 bits per heavy atom. The van der Waals surface area contributed by atoms with Crippen molar-refractivity contribution >= 4 is 11.9 Å². The van der Waals surface area contributed by atoms with Crippen molar-refractivity contribution < 1.29 is 23.8 Å². The monoisotopic (exact) mass is 305 g/mol. The lowest BCUT2D eigenvalue weighted by atomic mass is 10.1. The molecule has 1 rings (SSSR count). The Labute approximate surface area is 129 Å². The zero-order chi connectivity index (χ0) is 16.4. The molecule has 0 aliphatic rings. The maximum Gasteiger partial charge on any atom is 0.306 e. The van der Waals surface area contributed by atoms with Crippen LogP contribution in [0.1, 0.15) is 12.0 Å². The maximum absolute atomic E-state index is 11.6. The molecule has 0 aliphatic heterocycles. The van der Waals surface area contributed by atoms with E-state index < -0.39 is 11.9 Å². The van der Waals surface area contributed by atoms with Crippen LogP contribution >= 0.6 is 0 Å². The zero-order valence-electron chi connectivity index (χ0n) is 12.7. The van der Waals surface area contributed by atoms with Crippen LogP contribution in [0.3, 0.4) is 0 Å². The lowest BCUT2D eigenvalue weighted by Gasteiger charge is -2.08. The Hall–Kier alpha value is -2.68. The number of carbonyl (C=O) groups is 2. The first-order valence-corrected chi connectivity index (χ1v) is 6.66. The minimum Gasteiger partial charge on any atom is -0.497 e. The van der Waals surface area contributed by atoms with Crippen LogP contribution in [0.25, 0.3) is 0 Å². The Morgan fingerprint density at radius 2 is 1.82 bits per heavy atom. The highest BCUT2D eigenvalue weighted by Gasteiger charge is 2.09. The third-order valence-electron chi connectivity index (χ3n) is 2.78. The average molecular weight is 305 g/mol. The van der Waals surface area contributed by atoms with Gasteiger partial charge >= 0.3 is 5.97 Å². The minimum atomic E-state index is -0.461. The van der Waals surface area contributed by atoms with Crippen molar-refractivity contribution in [2.75, 3.05) is 27.4 Å². The van der Waals surface area contributed by atoms with Crippen molar-refractivity contribution in [3.8, 4) is 23.8 Å². The molecule has 0 saturated carbocycles. The van der Waals surface area contributed by atoms with E-state index in [2.05, 4.69) is 11.2 Å². The molecule has 118 valence electrons. The van der Waals surface area contributed by atoms with Gasteiger partial charge in [-0.3, -0.25) is 9.59 Å². The summed E-state index contributed by atoms with van der Waals surface area (Å²) in [5, 5.41) is 2.41. The van der Waals surface area contributed by atoms with Crippen molar-refractivity contribution in [1.82, 2.24) is 5.32 Å². The van der Waals surface area contributed by atoms with Gasteiger partial charge in [0.05, 0.1) is 20.8 Å². The molecule has 0 fully saturated rings. The molecule has 1 amide bonds. The first kappa shape index (κ1) is 17.4. The molecule has 0 heterocycles. The third kappa shape index (κ3) is 6.18. The molecular weight excluding hydrogens is 286 g/mol. The molecule has 1 aromatic carbocycles. The van der Waals surface area contributed by atoms with Gasteiger partial charge in [-0.1, -0.05) is 5.92 Å². The van der Waals surface area contributed by atoms with Crippen molar-refractivity contribution in [2.24, 2.45) is 0 Å². The van der Waals surface area contributed by atoms with Crippen molar-refractivity contribution in [3.05, 3.63) is 23.8 Å². The highest BCUT2D eigenvalue weighted by atomic mass is 16.5. The second-order valence-electron chi connectivity index (χ2n) is 4.36. The molecule has 0 spiro atoms. The number of esters is 1. The van der Waals surface area contributed by atoms with E-state index in [-0.39, 0.29) is 19.6 Å². The van der Waals surface area contributed by atoms with Crippen LogP contribution in [0.2, 0.25) is 0 Å². The fourth-order valence-electron chi connectivity index (χ4n) is 1.68. The summed E-state index contributed by atoms with van der Waals surface area (Å²) in [6.07, 6.45) is 5.61. The van der Waals surface area contributed by atoms with Crippen molar-refractivity contribution in [2.45, 2.75) is 12.8 Å². The van der Waals surface area contributed by atoms with Crippen LogP contribution in [0.4, 0.5) is 0 Å². The summed E-state index contributed by atoms with van der Waals surface area (Å²) in [7, 11) is 3.11. The number of hydrogen-bond acceptors (Lipinski definition) is 5. The van der Waals surface area contributed by atoms with Crippen LogP contribution in [0.15, 0.2) is 18.2 Å². The summed E-state index contributed by atoms with van der Waals surface area (Å²) in [6, 6.07) is 5.38. The maximum atomic E-state index is 11.6. The zero-order valence-corrected chi connectivity index (χ0v) is 12.7. The van der Waals surface area contributed by atoms with Crippen LogP contribution in [-0.2, 0) is 20.7 Å². The van der Waals surface area contributed by atoms with Gasteiger partial charge in [0.15, 0.2) is 6.61 Å². The Balaban J connectivity index is 2.44. The Bertz CT molecular complexity index is 540. The molecule has 6 heteroatoms. The predicted molar refractivity (Wildman–Crippen MR) is 80.7 cm³/mol. The summed E-state index contributed by atoms with van der Waals surface area (Å²) >= 11 is 0. The van der Waals surface area contributed by atoms with Crippen LogP contribution < -0.4 is 14.8 Å². The molecule has 1 aromatic rings. The van der Waals surface area contributed by atoms with Crippen LogP contribution in [-0.4, -0.2) is 39.2 Å². The quantitative estimate of drug-likeness (QED) is 0.571. The Morgan fingerprint density at radius 1 is 1.18 bits per heavy atom. The van der Waals surface area contributed by atoms with Crippen molar-refractivity contribution in [1.29, 1.82) is 0 Å². The smallest absolute Gasteiger partial charge is 0.306 e. The number of hydrogen-bond donors (Lipinski definition) is 1. The number of methoxy groups -OCH3 is 2. The third-order valence-corrected chi connectivity index (χ3v) is 2.78. The number of carbonyl (C=O) groups excluding carboxylic acids is 2. The number of terminal acetylenes is 1. The summed E-state index contributed by atoms with van der Waals surface area (Å²) in [6.45, 7) is -0.220. The van der Waals surface area contributed by atoms with Gasteiger partial charge in [0.1, 0.15) is 11.5 Å². The molecule has 22 heavy (non-hydrogen) atoms. The predicted octanol–water partition coefficient (Wildman–Crippen LogP) is 0.929. The molecular formula is C16H19NO5. The molecule has 0 radical (unpaired) electrons. The normalized spacial score (nSPS) is 9.50. The second-order valence-corrected chi connectivity index (χ2v) is 4.36. The van der Waals surface area contributed by atoms with E-state index in [4.69, 9.17) is 20.6 Å². The van der Waals surface area contributed by atoms with E-state index in [1.807, 2.05) is 12.1 Å². The van der Waals surface area contributed by atoms with E-state index in [0.717, 1.165) is 5.56 Å². The number of ether oxygens (including phenoxy) is 3. The SMILES string of the molecule is C#CCNC(=O)COC(=O)CCc1cc(OC)cc(OC)c1. The second kappa shape index (κ2) is 9.29. The van der Waals surface area contributed by atoms with Gasteiger partial charge in [0, 0.05) is 12.5 Å². The molecule has 1 N–H and O–H groups in total. The number of benzene rings is 1. The lowest BCUT2D eigenvalue weighted by Crippen LogP contribution is -2.29. The molecule has 0 aliphatic carbocycles. The molecule has 0 aromatic heterocycles. The average Bonchev–Trinajstić information content (AvgIpc) is 2.55. The standard InChI is InChI=1S/C16H19NO5/c1-4-7-17-15(18)11-22-16(19)6-5-12-8-13(20-2)10-14(9-12)21-3/h1,8-10H,5-7,11H2,2-3H3,(H,17,18). The van der Waals surface area contributed by atoms with Gasteiger partial charge in [0.25, 0.3) is 5.91 Å². The van der Waals surface area contributed by atoms with Gasteiger partial charge in [-0.15, -0.1) is 6.42 Å². The van der Waals surface area contributed by atoms with E-state index in [1.165, 1.54) is 0 Å². The first-order chi connectivity index (χ1) is 10.6. The number of amides is 1. The topological polar surface area (TPSA) is 73.9 Å². The van der Waals surface area contributed by atoms with E-state index in [0.29, 0.717) is 17.9 Å². The van der Waals surface area contributed by atoms with E-state index >= 15 is 0 Å². The molecule has 0 bridgehead atoms. The number of rotatable bonds is 8. The van der Waals surface area contributed by atoms with Gasteiger partial charge in [-0.05, 0) is 24.1 Å². The molecule has 0 atom stereocenters. The summed E-state index contributed by atoms with van der Waals surface area (Å²) in [4.78, 5) is 22.8. The largest absolute Gasteiger partial charge is 0.497 e. The fourth-order valence-corrected chi connectivity index (χ4v) is 1.68. The number of nitrogens with one attached hydrogen (secondary N) is 1. The van der Waals surface area contributed by atoms with Gasteiger partial charge in [-0.2, -0.15) is 0 Å². The highest BCUT2D eigenvalue weighted by Crippen LogP contribution is 2.23.